The van der Waals surface area contributed by atoms with Gasteiger partial charge in [0.25, 0.3) is 0 Å². The van der Waals surface area contributed by atoms with Crippen LogP contribution in [0.4, 0.5) is 5.69 Å². The molecule has 0 aromatic heterocycles. The molecule has 0 bridgehead atoms. The molecule has 7 nitrogen and oxygen atoms in total. The first-order valence-corrected chi connectivity index (χ1v) is 13.2. The maximum Gasteiger partial charge on any atom is 0.303 e. The summed E-state index contributed by atoms with van der Waals surface area (Å²) < 4.78 is 5.49. The first-order chi connectivity index (χ1) is 17.6. The molecular formula is C29H39N3O4. The SMILES string of the molecule is O=C(O)C[C@@H]1CCN(C(=O)Cc2ccccc2)C[C@@H]1CCN(CCN1CCOCC1)c1ccccc1. The topological polar surface area (TPSA) is 73.3 Å². The average Bonchev–Trinajstić information content (AvgIpc) is 2.91. The molecule has 0 aliphatic carbocycles. The molecule has 1 N–H and O–H groups in total. The number of carboxylic acids is 1. The molecule has 0 spiro atoms. The Balaban J connectivity index is 1.40. The van der Waals surface area contributed by atoms with E-state index in [9.17, 15) is 14.7 Å². The molecule has 2 aromatic rings. The number of ether oxygens (including phenoxy) is 1. The van der Waals surface area contributed by atoms with Crippen molar-refractivity contribution in [1.29, 1.82) is 0 Å². The monoisotopic (exact) mass is 493 g/mol. The molecule has 194 valence electrons. The van der Waals surface area contributed by atoms with Crippen LogP contribution in [0.2, 0.25) is 0 Å². The van der Waals surface area contributed by atoms with Crippen LogP contribution < -0.4 is 4.90 Å². The normalized spacial score (nSPS) is 20.7. The minimum Gasteiger partial charge on any atom is -0.481 e. The summed E-state index contributed by atoms with van der Waals surface area (Å²) in [4.78, 5) is 31.5. The van der Waals surface area contributed by atoms with E-state index in [1.165, 1.54) is 5.69 Å². The maximum atomic E-state index is 13.1. The Labute approximate surface area is 214 Å². The van der Waals surface area contributed by atoms with Gasteiger partial charge in [0.2, 0.25) is 5.91 Å². The summed E-state index contributed by atoms with van der Waals surface area (Å²) >= 11 is 0. The molecule has 7 heteroatoms. The first-order valence-electron chi connectivity index (χ1n) is 13.2. The summed E-state index contributed by atoms with van der Waals surface area (Å²) in [6, 6.07) is 20.3. The Morgan fingerprint density at radius 2 is 1.61 bits per heavy atom. The Kier molecular flexibility index (Phi) is 9.76. The van der Waals surface area contributed by atoms with Crippen LogP contribution in [0.1, 0.15) is 24.8 Å². The molecule has 2 saturated heterocycles. The van der Waals surface area contributed by atoms with Gasteiger partial charge in [-0.3, -0.25) is 14.5 Å². The van der Waals surface area contributed by atoms with Crippen molar-refractivity contribution >= 4 is 17.6 Å². The smallest absolute Gasteiger partial charge is 0.303 e. The van der Waals surface area contributed by atoms with Gasteiger partial charge >= 0.3 is 5.97 Å². The molecule has 2 aromatic carbocycles. The number of aliphatic carboxylic acids is 1. The lowest BCUT2D eigenvalue weighted by molar-refractivity contribution is -0.139. The third-order valence-corrected chi connectivity index (χ3v) is 7.56. The molecule has 2 aliphatic rings. The van der Waals surface area contributed by atoms with Gasteiger partial charge in [-0.25, -0.2) is 0 Å². The fourth-order valence-electron chi connectivity index (χ4n) is 5.43. The van der Waals surface area contributed by atoms with E-state index < -0.39 is 5.97 Å². The number of morpholine rings is 1. The molecular weight excluding hydrogens is 454 g/mol. The third-order valence-electron chi connectivity index (χ3n) is 7.56. The molecule has 0 radical (unpaired) electrons. The van der Waals surface area contributed by atoms with Crippen LogP contribution in [0.3, 0.4) is 0 Å². The lowest BCUT2D eigenvalue weighted by Crippen LogP contribution is -2.46. The zero-order valence-corrected chi connectivity index (χ0v) is 21.1. The molecule has 0 unspecified atom stereocenters. The standard InChI is InChI=1S/C29H39N3O4/c33-28(21-24-7-3-1-4-8-24)32-14-11-25(22-29(34)35)26(23-32)12-13-31(27-9-5-2-6-10-27)16-15-30-17-19-36-20-18-30/h1-10,25-26H,11-23H2,(H,34,35)/t25-,26-/m0/s1. The number of piperidine rings is 1. The summed E-state index contributed by atoms with van der Waals surface area (Å²) in [5, 5.41) is 9.53. The molecule has 2 aliphatic heterocycles. The van der Waals surface area contributed by atoms with E-state index in [0.29, 0.717) is 19.5 Å². The van der Waals surface area contributed by atoms with Gasteiger partial charge in [-0.2, -0.15) is 0 Å². The Hall–Kier alpha value is -2.90. The molecule has 0 saturated carbocycles. The fourth-order valence-corrected chi connectivity index (χ4v) is 5.43. The highest BCUT2D eigenvalue weighted by atomic mass is 16.5. The number of para-hydroxylation sites is 1. The zero-order chi connectivity index (χ0) is 25.2. The molecule has 36 heavy (non-hydrogen) atoms. The van der Waals surface area contributed by atoms with E-state index in [-0.39, 0.29) is 24.2 Å². The summed E-state index contributed by atoms with van der Waals surface area (Å²) in [7, 11) is 0. The molecule has 1 amide bonds. The highest BCUT2D eigenvalue weighted by Crippen LogP contribution is 2.30. The van der Waals surface area contributed by atoms with Gasteiger partial charge in [0.1, 0.15) is 0 Å². The van der Waals surface area contributed by atoms with Crippen LogP contribution in [-0.4, -0.2) is 85.8 Å². The van der Waals surface area contributed by atoms with Gasteiger partial charge in [-0.1, -0.05) is 48.5 Å². The van der Waals surface area contributed by atoms with Crippen molar-refractivity contribution in [3.63, 3.8) is 0 Å². The van der Waals surface area contributed by atoms with E-state index in [0.717, 1.165) is 64.3 Å². The molecule has 2 fully saturated rings. The minimum atomic E-state index is -0.749. The number of amides is 1. The van der Waals surface area contributed by atoms with Crippen molar-refractivity contribution in [2.24, 2.45) is 11.8 Å². The number of nitrogens with zero attached hydrogens (tertiary/aromatic N) is 3. The van der Waals surface area contributed by atoms with Gasteiger partial charge in [0.15, 0.2) is 0 Å². The lowest BCUT2D eigenvalue weighted by Gasteiger charge is -2.39. The van der Waals surface area contributed by atoms with Crippen LogP contribution in [0.15, 0.2) is 60.7 Å². The van der Waals surface area contributed by atoms with Gasteiger partial charge in [-0.05, 0) is 42.4 Å². The van der Waals surface area contributed by atoms with Crippen LogP contribution in [-0.2, 0) is 20.7 Å². The van der Waals surface area contributed by atoms with Crippen LogP contribution in [0.5, 0.6) is 0 Å². The van der Waals surface area contributed by atoms with E-state index in [1.54, 1.807) is 0 Å². The number of anilines is 1. The van der Waals surface area contributed by atoms with Crippen molar-refractivity contribution in [3.05, 3.63) is 66.2 Å². The number of carboxylic acid groups (broad SMARTS) is 1. The number of carbonyl (C=O) groups excluding carboxylic acids is 1. The van der Waals surface area contributed by atoms with Crippen LogP contribution >= 0.6 is 0 Å². The van der Waals surface area contributed by atoms with Gasteiger partial charge in [0.05, 0.1) is 19.6 Å². The Morgan fingerprint density at radius 3 is 2.31 bits per heavy atom. The predicted molar refractivity (Wildman–Crippen MR) is 141 cm³/mol. The van der Waals surface area contributed by atoms with E-state index >= 15 is 0 Å². The van der Waals surface area contributed by atoms with Crippen molar-refractivity contribution in [2.45, 2.75) is 25.7 Å². The van der Waals surface area contributed by atoms with Gasteiger partial charge in [-0.15, -0.1) is 0 Å². The van der Waals surface area contributed by atoms with Gasteiger partial charge < -0.3 is 19.6 Å². The molecule has 2 heterocycles. The minimum absolute atomic E-state index is 0.0974. The van der Waals surface area contributed by atoms with Crippen LogP contribution in [0, 0.1) is 11.8 Å². The largest absolute Gasteiger partial charge is 0.481 e. The summed E-state index contributed by atoms with van der Waals surface area (Å²) in [6.07, 6.45) is 2.18. The number of carbonyl (C=O) groups is 2. The number of likely N-dealkylation sites (tertiary alicyclic amines) is 1. The zero-order valence-electron chi connectivity index (χ0n) is 21.1. The van der Waals surface area contributed by atoms with Gasteiger partial charge in [0, 0.05) is 57.9 Å². The van der Waals surface area contributed by atoms with Crippen LogP contribution in [0.25, 0.3) is 0 Å². The summed E-state index contributed by atoms with van der Waals surface area (Å²) in [5.74, 6) is -0.349. The molecule has 2 atom stereocenters. The Bertz CT molecular complexity index is 950. The highest BCUT2D eigenvalue weighted by Gasteiger charge is 2.33. The summed E-state index contributed by atoms with van der Waals surface area (Å²) in [5.41, 5.74) is 2.21. The Morgan fingerprint density at radius 1 is 0.917 bits per heavy atom. The van der Waals surface area contributed by atoms with Crippen molar-refractivity contribution in [2.75, 3.05) is 63.9 Å². The van der Waals surface area contributed by atoms with Crippen molar-refractivity contribution in [3.8, 4) is 0 Å². The fraction of sp³-hybridized carbons (Fsp3) is 0.517. The summed E-state index contributed by atoms with van der Waals surface area (Å²) in [6.45, 7) is 7.51. The van der Waals surface area contributed by atoms with E-state index in [1.807, 2.05) is 41.3 Å². The number of rotatable bonds is 11. The quantitative estimate of drug-likeness (QED) is 0.517. The third kappa shape index (κ3) is 7.80. The second-order valence-corrected chi connectivity index (χ2v) is 9.97. The number of benzene rings is 2. The first kappa shape index (κ1) is 26.2. The highest BCUT2D eigenvalue weighted by molar-refractivity contribution is 5.79. The maximum absolute atomic E-state index is 13.1. The van der Waals surface area contributed by atoms with Crippen molar-refractivity contribution < 1.29 is 19.4 Å². The molecule has 4 rings (SSSR count). The second kappa shape index (κ2) is 13.4. The number of hydrogen-bond acceptors (Lipinski definition) is 5. The second-order valence-electron chi connectivity index (χ2n) is 9.97. The average molecular weight is 494 g/mol. The predicted octanol–water partition coefficient (Wildman–Crippen LogP) is 3.40. The van der Waals surface area contributed by atoms with E-state index in [2.05, 4.69) is 34.1 Å². The van der Waals surface area contributed by atoms with E-state index in [4.69, 9.17) is 4.74 Å². The number of hydrogen-bond donors (Lipinski definition) is 1. The lowest BCUT2D eigenvalue weighted by atomic mass is 9.81. The van der Waals surface area contributed by atoms with Crippen molar-refractivity contribution in [1.82, 2.24) is 9.80 Å².